The maximum absolute atomic E-state index is 14.9. The SMILES string of the molecule is CO[C@H]1/C=C/[C@H](OCC(O)CO)[C@H](C)C[S@@](=O)(NC(=O)c2cn(C)nc2C)=NC(=O)c2ccc3c(c2)N(C[C@@H]2CC[C@H]21)C[C@@]1(CCCc2cc(Cl)ccc21)CO3. The summed E-state index contributed by atoms with van der Waals surface area (Å²) < 4.78 is 42.1. The largest absolute Gasteiger partial charge is 0.490 e. The van der Waals surface area contributed by atoms with Crippen LogP contribution in [0, 0.1) is 24.7 Å². The fourth-order valence-corrected chi connectivity index (χ4v) is 10.9. The molecule has 3 N–H and O–H groups in total. The van der Waals surface area contributed by atoms with Crippen LogP contribution in [-0.4, -0.2) is 100 Å². The van der Waals surface area contributed by atoms with Gasteiger partial charge in [0.25, 0.3) is 11.8 Å². The number of aliphatic hydroxyl groups is 2. The van der Waals surface area contributed by atoms with Gasteiger partial charge in [0, 0.05) is 55.4 Å². The molecule has 4 aliphatic rings. The zero-order valence-electron chi connectivity index (χ0n) is 32.4. The number of rotatable bonds is 7. The number of hydrogen-bond acceptors (Lipinski definition) is 10. The highest BCUT2D eigenvalue weighted by Crippen LogP contribution is 2.47. The van der Waals surface area contributed by atoms with Crippen LogP contribution < -0.4 is 14.4 Å². The molecule has 1 spiro atoms. The molecule has 2 bridgehead atoms. The van der Waals surface area contributed by atoms with Gasteiger partial charge in [0.2, 0.25) is 0 Å². The number of aliphatic hydroxyl groups excluding tert-OH is 2. The Bertz CT molecular complexity index is 2120. The maximum Gasteiger partial charge on any atom is 0.286 e. The van der Waals surface area contributed by atoms with Gasteiger partial charge in [-0.2, -0.15) is 5.10 Å². The number of benzene rings is 2. The molecule has 2 aliphatic heterocycles. The fraction of sp³-hybridized carbons (Fsp3) is 0.537. The predicted octanol–water partition coefficient (Wildman–Crippen LogP) is 4.79. The van der Waals surface area contributed by atoms with Gasteiger partial charge in [-0.3, -0.25) is 19.0 Å². The van der Waals surface area contributed by atoms with Crippen LogP contribution in [0.4, 0.5) is 5.69 Å². The monoisotopic (exact) mass is 809 g/mol. The Morgan fingerprint density at radius 3 is 2.71 bits per heavy atom. The van der Waals surface area contributed by atoms with Gasteiger partial charge in [-0.15, -0.1) is 4.36 Å². The number of carbonyl (C=O) groups is 2. The lowest BCUT2D eigenvalue weighted by atomic mass is 9.68. The Morgan fingerprint density at radius 1 is 1.20 bits per heavy atom. The number of ether oxygens (including phenoxy) is 3. The van der Waals surface area contributed by atoms with Crippen molar-refractivity contribution in [3.63, 3.8) is 0 Å². The molecule has 0 radical (unpaired) electrons. The average Bonchev–Trinajstić information content (AvgIpc) is 3.42. The van der Waals surface area contributed by atoms with Crippen molar-refractivity contribution in [3.8, 4) is 5.75 Å². The van der Waals surface area contributed by atoms with Crippen molar-refractivity contribution in [1.82, 2.24) is 14.5 Å². The van der Waals surface area contributed by atoms with Gasteiger partial charge in [-0.05, 0) is 92.3 Å². The number of aromatic nitrogens is 2. The van der Waals surface area contributed by atoms with Gasteiger partial charge >= 0.3 is 0 Å². The molecule has 3 aromatic rings. The van der Waals surface area contributed by atoms with Crippen molar-refractivity contribution in [2.45, 2.75) is 69.7 Å². The first kappa shape index (κ1) is 40.4. The van der Waals surface area contributed by atoms with Crippen LogP contribution in [0.15, 0.2) is 59.1 Å². The predicted molar refractivity (Wildman–Crippen MR) is 214 cm³/mol. The molecule has 13 nitrogen and oxygen atoms in total. The molecule has 2 aromatic carbocycles. The highest BCUT2D eigenvalue weighted by Gasteiger charge is 2.44. The van der Waals surface area contributed by atoms with E-state index in [0.717, 1.165) is 37.8 Å². The number of methoxy groups -OCH3 is 1. The normalized spacial score (nSPS) is 30.2. The lowest BCUT2D eigenvalue weighted by Gasteiger charge is -2.46. The van der Waals surface area contributed by atoms with Crippen LogP contribution in [0.2, 0.25) is 5.02 Å². The molecule has 1 aromatic heterocycles. The summed E-state index contributed by atoms with van der Waals surface area (Å²) in [5.74, 6) is -1.19. The Labute approximate surface area is 333 Å². The number of anilines is 1. The minimum absolute atomic E-state index is 0.176. The second kappa shape index (κ2) is 16.6. The van der Waals surface area contributed by atoms with Gasteiger partial charge in [0.1, 0.15) is 21.8 Å². The Morgan fingerprint density at radius 2 is 2.00 bits per heavy atom. The van der Waals surface area contributed by atoms with E-state index >= 15 is 0 Å². The molecule has 56 heavy (non-hydrogen) atoms. The minimum atomic E-state index is -3.80. The second-order valence-corrected chi connectivity index (χ2v) is 18.4. The van der Waals surface area contributed by atoms with E-state index in [1.165, 1.54) is 22.0 Å². The van der Waals surface area contributed by atoms with Crippen LogP contribution in [-0.2, 0) is 38.3 Å². The van der Waals surface area contributed by atoms with E-state index in [0.29, 0.717) is 36.2 Å². The van der Waals surface area contributed by atoms with Crippen LogP contribution in [0.25, 0.3) is 0 Å². The summed E-state index contributed by atoms with van der Waals surface area (Å²) >= 11 is 6.47. The molecule has 2 amide bonds. The number of carbonyl (C=O) groups excluding carboxylic acids is 2. The van der Waals surface area contributed by atoms with Crippen LogP contribution in [0.5, 0.6) is 5.75 Å². The Hall–Kier alpha value is -3.79. The van der Waals surface area contributed by atoms with Crippen LogP contribution in [0.1, 0.15) is 70.1 Å². The summed E-state index contributed by atoms with van der Waals surface area (Å²) in [6, 6.07) is 11.3. The number of halogens is 1. The molecule has 15 heteroatoms. The summed E-state index contributed by atoms with van der Waals surface area (Å²) in [6.45, 7) is 4.55. The van der Waals surface area contributed by atoms with E-state index in [2.05, 4.69) is 31.2 Å². The number of amides is 2. The standard InChI is InChI=1S/C41H52ClN5O8S/c1-25-22-56(52,45-40(51)33-19-46(3)43-26(33)2)44-39(50)28-8-12-38-35(17-28)47(23-41(24-55-38)15-5-6-27-16-30(42)9-11-34(27)41)18-29-7-10-32(29)37(53-4)14-13-36(25)54-21-31(49)20-48/h8-9,11-14,16-17,19,25,29,31-32,36-37,48-49H,5-7,10,15,18,20-24H2,1-4H3,(H,44,45,50,51,52)/b14-13+/t25-,29+,31?,32-,36+,37+,41+,56+/m1/s1. The minimum Gasteiger partial charge on any atom is -0.490 e. The number of nitrogens with zero attached hydrogens (tertiary/aromatic N) is 4. The maximum atomic E-state index is 14.9. The highest BCUT2D eigenvalue weighted by molar-refractivity contribution is 7.92. The fourth-order valence-electron chi connectivity index (χ4n) is 8.85. The molecule has 0 saturated heterocycles. The second-order valence-electron chi connectivity index (χ2n) is 15.9. The van der Waals surface area contributed by atoms with Gasteiger partial charge in [-0.25, -0.2) is 4.21 Å². The van der Waals surface area contributed by atoms with E-state index in [9.17, 15) is 24.0 Å². The topological polar surface area (TPSA) is 165 Å². The first-order valence-electron chi connectivity index (χ1n) is 19.3. The molecule has 7 rings (SSSR count). The molecular weight excluding hydrogens is 758 g/mol. The molecular formula is C41H52ClN5O8S. The average molecular weight is 810 g/mol. The highest BCUT2D eigenvalue weighted by atomic mass is 35.5. The van der Waals surface area contributed by atoms with Gasteiger partial charge < -0.3 is 29.3 Å². The summed E-state index contributed by atoms with van der Waals surface area (Å²) in [7, 11) is -0.437. The molecule has 8 atom stereocenters. The Kier molecular flexibility index (Phi) is 12.0. The van der Waals surface area contributed by atoms with Gasteiger partial charge in [0.05, 0.1) is 54.7 Å². The summed E-state index contributed by atoms with van der Waals surface area (Å²) in [6.07, 6.45) is 7.96. The van der Waals surface area contributed by atoms with Gasteiger partial charge in [-0.1, -0.05) is 36.7 Å². The molecule has 3 heterocycles. The molecule has 2 aliphatic carbocycles. The van der Waals surface area contributed by atoms with Crippen molar-refractivity contribution >= 4 is 39.0 Å². The van der Waals surface area contributed by atoms with Crippen molar-refractivity contribution < 1.29 is 38.2 Å². The van der Waals surface area contributed by atoms with E-state index in [1.54, 1.807) is 46.2 Å². The first-order valence-corrected chi connectivity index (χ1v) is 21.4. The summed E-state index contributed by atoms with van der Waals surface area (Å²) in [5, 5.41) is 24.7. The third kappa shape index (κ3) is 8.41. The molecule has 1 unspecified atom stereocenters. The van der Waals surface area contributed by atoms with E-state index < -0.39 is 46.5 Å². The van der Waals surface area contributed by atoms with Crippen molar-refractivity contribution in [2.75, 3.05) is 50.7 Å². The Balaban J connectivity index is 1.33. The molecule has 1 saturated carbocycles. The van der Waals surface area contributed by atoms with Crippen molar-refractivity contribution in [2.24, 2.45) is 29.2 Å². The van der Waals surface area contributed by atoms with Crippen molar-refractivity contribution in [3.05, 3.63) is 87.7 Å². The van der Waals surface area contributed by atoms with Crippen molar-refractivity contribution in [1.29, 1.82) is 0 Å². The van der Waals surface area contributed by atoms with E-state index in [4.69, 9.17) is 25.8 Å². The zero-order chi connectivity index (χ0) is 39.8. The lowest BCUT2D eigenvalue weighted by Crippen LogP contribution is -2.49. The smallest absolute Gasteiger partial charge is 0.286 e. The van der Waals surface area contributed by atoms with Crippen LogP contribution >= 0.6 is 11.6 Å². The third-order valence-corrected chi connectivity index (χ3v) is 14.1. The van der Waals surface area contributed by atoms with E-state index in [1.807, 2.05) is 18.2 Å². The summed E-state index contributed by atoms with van der Waals surface area (Å²) in [5.41, 5.74) is 3.73. The van der Waals surface area contributed by atoms with E-state index in [-0.39, 0.29) is 46.8 Å². The zero-order valence-corrected chi connectivity index (χ0v) is 33.9. The van der Waals surface area contributed by atoms with Crippen LogP contribution in [0.3, 0.4) is 0 Å². The lowest BCUT2D eigenvalue weighted by molar-refractivity contribution is -0.0272. The number of hydrogen-bond donors (Lipinski definition) is 3. The first-order chi connectivity index (χ1) is 26.8. The molecule has 302 valence electrons. The number of nitrogens with one attached hydrogen (secondary N) is 1. The number of fused-ring (bicyclic) bond motifs is 4. The van der Waals surface area contributed by atoms with Gasteiger partial charge in [0.15, 0.2) is 0 Å². The summed E-state index contributed by atoms with van der Waals surface area (Å²) in [4.78, 5) is 30.2. The number of aryl methyl sites for hydroxylation is 3. The third-order valence-electron chi connectivity index (χ3n) is 11.9. The molecule has 1 fully saturated rings. The quantitative estimate of drug-likeness (QED) is 0.283.